The lowest BCUT2D eigenvalue weighted by molar-refractivity contribution is -0.134. The van der Waals surface area contributed by atoms with Crippen LogP contribution in [0, 0.1) is 4.91 Å². The number of imide groups is 1. The van der Waals surface area contributed by atoms with E-state index in [1.165, 1.54) is 0 Å². The molecule has 4 amide bonds. The lowest BCUT2D eigenvalue weighted by Gasteiger charge is -2.23. The third kappa shape index (κ3) is 3.47. The van der Waals surface area contributed by atoms with Crippen molar-refractivity contribution < 1.29 is 18.8 Å². The van der Waals surface area contributed by atoms with Crippen LogP contribution in [0.5, 0.6) is 0 Å². The van der Waals surface area contributed by atoms with E-state index in [1.54, 1.807) is 0 Å². The molecule has 2 N–H and O–H groups in total. The SMILES string of the molecule is O=NN(CCF)C(=O)N[C@H]1CCC(=O)NC1=O. The second kappa shape index (κ2) is 5.87. The molecule has 8 nitrogen and oxygen atoms in total. The molecule has 1 aliphatic heterocycles. The summed E-state index contributed by atoms with van der Waals surface area (Å²) in [7, 11) is 0. The fraction of sp³-hybridized carbons (Fsp3) is 0.625. The van der Waals surface area contributed by atoms with Gasteiger partial charge in [0.15, 0.2) is 0 Å². The maximum Gasteiger partial charge on any atom is 0.341 e. The smallest absolute Gasteiger partial charge is 0.325 e. The number of alkyl halides is 1. The summed E-state index contributed by atoms with van der Waals surface area (Å²) in [4.78, 5) is 43.6. The summed E-state index contributed by atoms with van der Waals surface area (Å²) in [6.07, 6.45) is 0.229. The first-order valence-corrected chi connectivity index (χ1v) is 4.89. The minimum atomic E-state index is -0.966. The number of nitrogens with zero attached hydrogens (tertiary/aromatic N) is 2. The number of rotatable bonds is 4. The van der Waals surface area contributed by atoms with Crippen molar-refractivity contribution in [2.45, 2.75) is 18.9 Å². The second-order valence-corrected chi connectivity index (χ2v) is 3.35. The Bertz CT molecular complexity index is 348. The summed E-state index contributed by atoms with van der Waals surface area (Å²) < 4.78 is 12.0. The molecule has 1 rings (SSSR count). The largest absolute Gasteiger partial charge is 0.341 e. The van der Waals surface area contributed by atoms with Crippen LogP contribution in [0.4, 0.5) is 9.18 Å². The Kier molecular flexibility index (Phi) is 4.49. The lowest BCUT2D eigenvalue weighted by Crippen LogP contribution is -2.54. The average Bonchev–Trinajstić information content (AvgIpc) is 2.29. The van der Waals surface area contributed by atoms with Crippen LogP contribution < -0.4 is 10.6 Å². The summed E-state index contributed by atoms with van der Waals surface area (Å²) in [5.41, 5.74) is 0. The first kappa shape index (κ1) is 13.0. The third-order valence-corrected chi connectivity index (χ3v) is 2.17. The Morgan fingerprint density at radius 3 is 2.82 bits per heavy atom. The van der Waals surface area contributed by atoms with E-state index in [9.17, 15) is 23.7 Å². The third-order valence-electron chi connectivity index (χ3n) is 2.17. The number of halogens is 1. The van der Waals surface area contributed by atoms with Crippen molar-refractivity contribution in [3.8, 4) is 0 Å². The van der Waals surface area contributed by atoms with Gasteiger partial charge >= 0.3 is 6.03 Å². The number of nitroso groups, excluding NO2 is 1. The molecule has 1 aliphatic rings. The maximum absolute atomic E-state index is 12.0. The van der Waals surface area contributed by atoms with E-state index in [1.807, 2.05) is 5.32 Å². The highest BCUT2D eigenvalue weighted by molar-refractivity contribution is 6.01. The minimum Gasteiger partial charge on any atom is -0.325 e. The van der Waals surface area contributed by atoms with Gasteiger partial charge in [-0.3, -0.25) is 14.9 Å². The zero-order chi connectivity index (χ0) is 12.8. The van der Waals surface area contributed by atoms with Gasteiger partial charge in [0, 0.05) is 6.42 Å². The molecule has 0 aromatic carbocycles. The zero-order valence-corrected chi connectivity index (χ0v) is 8.81. The molecule has 1 saturated heterocycles. The molecule has 94 valence electrons. The number of carbonyl (C=O) groups excluding carboxylic acids is 3. The van der Waals surface area contributed by atoms with Gasteiger partial charge in [-0.2, -0.15) is 5.01 Å². The number of hydrogen-bond donors (Lipinski definition) is 2. The molecule has 0 unspecified atom stereocenters. The van der Waals surface area contributed by atoms with Gasteiger partial charge in [-0.25, -0.2) is 9.18 Å². The van der Waals surface area contributed by atoms with Crippen molar-refractivity contribution in [2.75, 3.05) is 13.2 Å². The van der Waals surface area contributed by atoms with Crippen LogP contribution in [0.25, 0.3) is 0 Å². The fourth-order valence-corrected chi connectivity index (χ4v) is 1.31. The van der Waals surface area contributed by atoms with Crippen LogP contribution >= 0.6 is 0 Å². The van der Waals surface area contributed by atoms with E-state index in [-0.39, 0.29) is 12.8 Å². The Balaban J connectivity index is 2.53. The molecule has 0 saturated carbocycles. The Morgan fingerprint density at radius 1 is 1.59 bits per heavy atom. The van der Waals surface area contributed by atoms with E-state index in [0.717, 1.165) is 0 Å². The van der Waals surface area contributed by atoms with Crippen molar-refractivity contribution in [2.24, 2.45) is 5.29 Å². The summed E-state index contributed by atoms with van der Waals surface area (Å²) in [5.74, 6) is -1.07. The van der Waals surface area contributed by atoms with Crippen molar-refractivity contribution >= 4 is 17.8 Å². The Labute approximate surface area is 95.5 Å². The molecule has 0 spiro atoms. The molecule has 1 heterocycles. The van der Waals surface area contributed by atoms with Crippen LogP contribution in [0.2, 0.25) is 0 Å². The fourth-order valence-electron chi connectivity index (χ4n) is 1.31. The van der Waals surface area contributed by atoms with E-state index < -0.39 is 37.1 Å². The first-order chi connectivity index (χ1) is 8.08. The van der Waals surface area contributed by atoms with Gasteiger partial charge in [-0.15, -0.1) is 4.91 Å². The summed E-state index contributed by atoms with van der Waals surface area (Å²) in [6, 6.07) is -1.88. The molecule has 0 bridgehead atoms. The summed E-state index contributed by atoms with van der Waals surface area (Å²) in [6.45, 7) is -1.41. The highest BCUT2D eigenvalue weighted by atomic mass is 19.1. The number of urea groups is 1. The van der Waals surface area contributed by atoms with Crippen molar-refractivity contribution in [3.63, 3.8) is 0 Å². The number of hydrogen-bond acceptors (Lipinski definition) is 5. The molecule has 0 aromatic heterocycles. The van der Waals surface area contributed by atoms with Crippen molar-refractivity contribution in [1.29, 1.82) is 0 Å². The van der Waals surface area contributed by atoms with Crippen LogP contribution in [0.3, 0.4) is 0 Å². The van der Waals surface area contributed by atoms with Crippen molar-refractivity contribution in [1.82, 2.24) is 15.6 Å². The van der Waals surface area contributed by atoms with Gasteiger partial charge in [0.1, 0.15) is 12.7 Å². The van der Waals surface area contributed by atoms with Crippen LogP contribution in [-0.4, -0.2) is 42.1 Å². The normalized spacial score (nSPS) is 19.5. The maximum atomic E-state index is 12.0. The molecular formula is C8H11FN4O4. The lowest BCUT2D eigenvalue weighted by atomic mass is 10.1. The van der Waals surface area contributed by atoms with Gasteiger partial charge in [-0.1, -0.05) is 0 Å². The van der Waals surface area contributed by atoms with Gasteiger partial charge in [0.25, 0.3) is 0 Å². The highest BCUT2D eigenvalue weighted by Gasteiger charge is 2.29. The quantitative estimate of drug-likeness (QED) is 0.394. The Morgan fingerprint density at radius 2 is 2.29 bits per heavy atom. The predicted molar refractivity (Wildman–Crippen MR) is 53.2 cm³/mol. The number of amides is 4. The van der Waals surface area contributed by atoms with Gasteiger partial charge in [0.05, 0.1) is 11.8 Å². The van der Waals surface area contributed by atoms with Gasteiger partial charge in [-0.05, 0) is 6.42 Å². The second-order valence-electron chi connectivity index (χ2n) is 3.35. The van der Waals surface area contributed by atoms with E-state index >= 15 is 0 Å². The number of carbonyl (C=O) groups is 3. The standard InChI is InChI=1S/C8H11FN4O4/c9-3-4-13(12-17)8(16)10-5-1-2-6(14)11-7(5)15/h5H,1-4H2,(H,10,16)(H,11,14,15)/t5-/m0/s1. The Hall–Kier alpha value is -2.06. The topological polar surface area (TPSA) is 108 Å². The molecule has 0 aromatic rings. The molecule has 9 heteroatoms. The van der Waals surface area contributed by atoms with E-state index in [0.29, 0.717) is 5.01 Å². The van der Waals surface area contributed by atoms with Gasteiger partial charge < -0.3 is 5.32 Å². The number of nitrogens with one attached hydrogen (secondary N) is 2. The highest BCUT2D eigenvalue weighted by Crippen LogP contribution is 2.05. The van der Waals surface area contributed by atoms with Crippen LogP contribution in [0.15, 0.2) is 5.29 Å². The molecule has 0 aliphatic carbocycles. The molecular weight excluding hydrogens is 235 g/mol. The summed E-state index contributed by atoms with van der Waals surface area (Å²) in [5, 5.41) is 6.87. The molecule has 1 atom stereocenters. The first-order valence-electron chi connectivity index (χ1n) is 4.89. The van der Waals surface area contributed by atoms with E-state index in [4.69, 9.17) is 0 Å². The minimum absolute atomic E-state index is 0.0916. The van der Waals surface area contributed by atoms with Gasteiger partial charge in [0.2, 0.25) is 11.8 Å². The average molecular weight is 246 g/mol. The van der Waals surface area contributed by atoms with E-state index in [2.05, 4.69) is 10.6 Å². The zero-order valence-electron chi connectivity index (χ0n) is 8.81. The van der Waals surface area contributed by atoms with Crippen LogP contribution in [0.1, 0.15) is 12.8 Å². The van der Waals surface area contributed by atoms with Crippen LogP contribution in [-0.2, 0) is 9.59 Å². The monoisotopic (exact) mass is 246 g/mol. The van der Waals surface area contributed by atoms with Crippen molar-refractivity contribution in [3.05, 3.63) is 4.91 Å². The molecule has 17 heavy (non-hydrogen) atoms. The number of piperidine rings is 1. The molecule has 1 fully saturated rings. The molecule has 0 radical (unpaired) electrons. The summed E-state index contributed by atoms with van der Waals surface area (Å²) >= 11 is 0. The predicted octanol–water partition coefficient (Wildman–Crippen LogP) is -0.546.